The maximum atomic E-state index is 11.0. The molecule has 3 aromatic heterocycles. The quantitative estimate of drug-likeness (QED) is 0.0977. The third-order valence-electron chi connectivity index (χ3n) is 6.39. The van der Waals surface area contributed by atoms with Gasteiger partial charge in [-0.25, -0.2) is 9.59 Å². The number of epoxide rings is 2. The van der Waals surface area contributed by atoms with Crippen LogP contribution < -0.4 is 0 Å². The van der Waals surface area contributed by atoms with Gasteiger partial charge < -0.3 is 56.6 Å². The van der Waals surface area contributed by atoms with E-state index in [2.05, 4.69) is 4.74 Å². The molecule has 3 aromatic rings. The van der Waals surface area contributed by atoms with Crippen molar-refractivity contribution >= 4 is 42.4 Å². The van der Waals surface area contributed by atoms with E-state index in [1.807, 2.05) is 0 Å². The number of cyclic esters (lactones) is 1. The zero-order chi connectivity index (χ0) is 39.0. The standard InChI is InChI=1S/C12H14O6.C9H10O4.C6H6O3.C5H10O3.C3H5ClO/c1-8-12(14)16-7-11(17-8)6-15-5-10-3-2-9(4-13)18-10;10-3-7-1-2-8(13-7)4-11-5-9-6-12-9;7-3-5-1-2-6(4-8)9-5;1-3-8-5(7)4(2)6;4-1-3-2-5-3/h2-4,8,11H,5-7H2,1H3;1-3,9H,4-6H2;1-3,8H,4H2;4,6H,3H2,1-2H3;3H,1-2H2. The normalized spacial score (nSPS) is 19.8. The van der Waals surface area contributed by atoms with Gasteiger partial charge >= 0.3 is 11.9 Å². The van der Waals surface area contributed by atoms with Gasteiger partial charge in [-0.3, -0.25) is 14.4 Å². The van der Waals surface area contributed by atoms with E-state index >= 15 is 0 Å². The molecule has 3 saturated heterocycles. The van der Waals surface area contributed by atoms with Crippen molar-refractivity contribution in [2.45, 2.75) is 71.1 Å². The van der Waals surface area contributed by atoms with E-state index in [1.54, 1.807) is 44.2 Å². The fraction of sp³-hybridized carbons (Fsp3) is 0.514. The molecule has 0 aliphatic carbocycles. The number of rotatable bonds is 15. The number of halogens is 1. The summed E-state index contributed by atoms with van der Waals surface area (Å²) in [5.74, 6) is 2.25. The second-order valence-corrected chi connectivity index (χ2v) is 11.3. The monoisotopic (exact) mass is 772 g/mol. The average molecular weight is 773 g/mol. The van der Waals surface area contributed by atoms with Crippen LogP contribution in [0.25, 0.3) is 0 Å². The number of esters is 2. The summed E-state index contributed by atoms with van der Waals surface area (Å²) in [5, 5.41) is 16.9. The van der Waals surface area contributed by atoms with E-state index in [4.69, 9.17) is 63.5 Å². The summed E-state index contributed by atoms with van der Waals surface area (Å²) in [7, 11) is 0. The van der Waals surface area contributed by atoms with Crippen LogP contribution in [0.15, 0.2) is 49.6 Å². The van der Waals surface area contributed by atoms with Gasteiger partial charge in [0.1, 0.15) is 62.0 Å². The lowest BCUT2D eigenvalue weighted by atomic mass is 10.3. The highest BCUT2D eigenvalue weighted by atomic mass is 35.5. The Hall–Kier alpha value is -4.20. The molecular formula is C35H45ClO17. The van der Waals surface area contributed by atoms with Crippen molar-refractivity contribution in [2.75, 3.05) is 45.5 Å². The molecule has 17 nitrogen and oxygen atoms in total. The Morgan fingerprint density at radius 3 is 1.62 bits per heavy atom. The Morgan fingerprint density at radius 2 is 1.30 bits per heavy atom. The average Bonchev–Trinajstić information content (AvgIpc) is 4.02. The topological polar surface area (TPSA) is 236 Å². The Kier molecular flexibility index (Phi) is 21.8. The first-order chi connectivity index (χ1) is 25.5. The van der Waals surface area contributed by atoms with Crippen LogP contribution in [0.1, 0.15) is 69.7 Å². The van der Waals surface area contributed by atoms with E-state index in [-0.39, 0.29) is 49.5 Å². The lowest BCUT2D eigenvalue weighted by Gasteiger charge is -2.26. The molecule has 5 atom stereocenters. The fourth-order valence-electron chi connectivity index (χ4n) is 3.54. The van der Waals surface area contributed by atoms with Gasteiger partial charge in [0.05, 0.1) is 45.0 Å². The number of hydrogen-bond acceptors (Lipinski definition) is 17. The molecule has 5 unspecified atom stereocenters. The summed E-state index contributed by atoms with van der Waals surface area (Å²) in [4.78, 5) is 51.9. The summed E-state index contributed by atoms with van der Waals surface area (Å²) in [6, 6.07) is 9.68. The molecular weight excluding hydrogens is 728 g/mol. The van der Waals surface area contributed by atoms with Gasteiger partial charge in [0.25, 0.3) is 0 Å². The van der Waals surface area contributed by atoms with Crippen LogP contribution in [0.5, 0.6) is 0 Å². The fourth-order valence-corrected chi connectivity index (χ4v) is 3.72. The van der Waals surface area contributed by atoms with Crippen LogP contribution in [0.2, 0.25) is 0 Å². The van der Waals surface area contributed by atoms with Gasteiger partial charge in [-0.15, -0.1) is 11.6 Å². The van der Waals surface area contributed by atoms with Crippen LogP contribution in [0, 0.1) is 0 Å². The number of aliphatic hydroxyl groups is 2. The molecule has 18 heteroatoms. The lowest BCUT2D eigenvalue weighted by Crippen LogP contribution is -2.40. The molecule has 0 spiro atoms. The third kappa shape index (κ3) is 20.0. The minimum Gasteiger partial charge on any atom is -0.464 e. The third-order valence-corrected chi connectivity index (χ3v) is 6.74. The van der Waals surface area contributed by atoms with Crippen molar-refractivity contribution in [3.63, 3.8) is 0 Å². The highest BCUT2D eigenvalue weighted by Crippen LogP contribution is 2.13. The van der Waals surface area contributed by atoms with E-state index in [1.165, 1.54) is 13.0 Å². The number of aliphatic hydroxyl groups excluding tert-OH is 2. The second-order valence-electron chi connectivity index (χ2n) is 11.0. The maximum Gasteiger partial charge on any atom is 0.335 e. The van der Waals surface area contributed by atoms with E-state index < -0.39 is 18.2 Å². The molecule has 0 radical (unpaired) electrons. The van der Waals surface area contributed by atoms with Crippen LogP contribution in [0.3, 0.4) is 0 Å². The first-order valence-corrected chi connectivity index (χ1v) is 16.9. The zero-order valence-electron chi connectivity index (χ0n) is 29.6. The second kappa shape index (κ2) is 25.7. The molecule has 3 aliphatic rings. The van der Waals surface area contributed by atoms with Gasteiger partial charge in [0.2, 0.25) is 0 Å². The van der Waals surface area contributed by atoms with Crippen molar-refractivity contribution in [3.8, 4) is 0 Å². The molecule has 0 amide bonds. The highest BCUT2D eigenvalue weighted by molar-refractivity contribution is 6.18. The predicted molar refractivity (Wildman–Crippen MR) is 181 cm³/mol. The predicted octanol–water partition coefficient (Wildman–Crippen LogP) is 3.09. The number of hydrogen-bond donors (Lipinski definition) is 2. The molecule has 3 fully saturated rings. The van der Waals surface area contributed by atoms with Gasteiger partial charge in [0.15, 0.2) is 42.2 Å². The number of alkyl halides is 1. The minimum absolute atomic E-state index is 0.159. The minimum atomic E-state index is -0.991. The molecule has 53 heavy (non-hydrogen) atoms. The summed E-state index contributed by atoms with van der Waals surface area (Å²) in [6.45, 7) is 8.27. The molecule has 2 N–H and O–H groups in total. The lowest BCUT2D eigenvalue weighted by molar-refractivity contribution is -0.187. The van der Waals surface area contributed by atoms with Crippen LogP contribution in [0.4, 0.5) is 0 Å². The van der Waals surface area contributed by atoms with Gasteiger partial charge in [-0.1, -0.05) is 0 Å². The van der Waals surface area contributed by atoms with Crippen molar-refractivity contribution in [2.24, 2.45) is 0 Å². The van der Waals surface area contributed by atoms with E-state index in [9.17, 15) is 24.0 Å². The van der Waals surface area contributed by atoms with Crippen molar-refractivity contribution in [3.05, 3.63) is 71.0 Å². The van der Waals surface area contributed by atoms with Crippen LogP contribution in [-0.4, -0.2) is 117 Å². The first-order valence-electron chi connectivity index (χ1n) is 16.4. The van der Waals surface area contributed by atoms with Crippen LogP contribution in [-0.2, 0) is 62.6 Å². The number of carbonyl (C=O) groups excluding carboxylic acids is 5. The van der Waals surface area contributed by atoms with Gasteiger partial charge in [0, 0.05) is 0 Å². The summed E-state index contributed by atoms with van der Waals surface area (Å²) < 4.78 is 50.0. The summed E-state index contributed by atoms with van der Waals surface area (Å²) >= 11 is 5.27. The number of furan rings is 3. The van der Waals surface area contributed by atoms with Crippen molar-refractivity contribution in [1.82, 2.24) is 0 Å². The van der Waals surface area contributed by atoms with Crippen molar-refractivity contribution < 1.29 is 80.6 Å². The van der Waals surface area contributed by atoms with E-state index in [0.717, 1.165) is 13.2 Å². The van der Waals surface area contributed by atoms with Crippen LogP contribution >= 0.6 is 11.6 Å². The molecule has 294 valence electrons. The molecule has 0 aromatic carbocycles. The number of carbonyl (C=O) groups is 5. The Labute approximate surface area is 310 Å². The Balaban J connectivity index is 0.000000244. The highest BCUT2D eigenvalue weighted by Gasteiger charge is 2.27. The number of ether oxygens (including phenoxy) is 7. The summed E-state index contributed by atoms with van der Waals surface area (Å²) in [5.41, 5.74) is 0. The zero-order valence-corrected chi connectivity index (χ0v) is 30.3. The van der Waals surface area contributed by atoms with Gasteiger partial charge in [-0.2, -0.15) is 0 Å². The first kappa shape index (κ1) is 45.0. The molecule has 3 aliphatic heterocycles. The maximum absolute atomic E-state index is 11.0. The Bertz CT molecular complexity index is 1490. The molecule has 6 rings (SSSR count). The SMILES string of the molecule is CC1OC(COCc2ccc(C=O)o2)COC1=O.CCOC(=O)C(C)O.ClCC1CO1.O=Cc1ccc(CO)o1.O=Cc1ccc(COCC2CO2)o1. The molecule has 0 bridgehead atoms. The van der Waals surface area contributed by atoms with Crippen molar-refractivity contribution in [1.29, 1.82) is 0 Å². The summed E-state index contributed by atoms with van der Waals surface area (Å²) in [6.07, 6.45) is 0.754. The smallest absolute Gasteiger partial charge is 0.335 e. The molecule has 6 heterocycles. The molecule has 0 saturated carbocycles. The van der Waals surface area contributed by atoms with E-state index in [0.29, 0.717) is 80.3 Å². The number of aldehydes is 3. The largest absolute Gasteiger partial charge is 0.464 e. The van der Waals surface area contributed by atoms with Gasteiger partial charge in [-0.05, 0) is 57.2 Å². The Morgan fingerprint density at radius 1 is 0.830 bits per heavy atom.